The molecule has 0 aromatic heterocycles. The fourth-order valence-electron chi connectivity index (χ4n) is 4.50. The number of anilines is 1. The number of para-hydroxylation sites is 1. The van der Waals surface area contributed by atoms with Crippen LogP contribution in [0.1, 0.15) is 12.8 Å². The monoisotopic (exact) mass is 314 g/mol. The van der Waals surface area contributed by atoms with Crippen LogP contribution in [0.5, 0.6) is 0 Å². The van der Waals surface area contributed by atoms with Crippen molar-refractivity contribution in [3.63, 3.8) is 0 Å². The smallest absolute Gasteiger partial charge is 0.0505 e. The molecular weight excluding hydrogens is 288 g/mol. The zero-order valence-corrected chi connectivity index (χ0v) is 14.3. The van der Waals surface area contributed by atoms with Gasteiger partial charge in [0.2, 0.25) is 0 Å². The average molecular weight is 314 g/mol. The molecule has 118 valence electrons. The number of rotatable bonds is 4. The predicted molar refractivity (Wildman–Crippen MR) is 95.7 cm³/mol. The molecule has 2 fully saturated rings. The van der Waals surface area contributed by atoms with E-state index >= 15 is 0 Å². The van der Waals surface area contributed by atoms with Crippen molar-refractivity contribution in [3.05, 3.63) is 36.4 Å². The molecule has 0 spiro atoms. The second-order valence-corrected chi connectivity index (χ2v) is 7.85. The van der Waals surface area contributed by atoms with E-state index in [9.17, 15) is 0 Å². The van der Waals surface area contributed by atoms with Gasteiger partial charge in [-0.25, -0.2) is 0 Å². The molecule has 3 atom stereocenters. The van der Waals surface area contributed by atoms with E-state index in [1.165, 1.54) is 56.1 Å². The van der Waals surface area contributed by atoms with Crippen LogP contribution in [0.3, 0.4) is 0 Å². The lowest BCUT2D eigenvalue weighted by Gasteiger charge is -2.38. The summed E-state index contributed by atoms with van der Waals surface area (Å²) >= 11 is 1.86. The first-order valence-electron chi connectivity index (χ1n) is 8.62. The van der Waals surface area contributed by atoms with Gasteiger partial charge in [-0.1, -0.05) is 24.3 Å². The van der Waals surface area contributed by atoms with Gasteiger partial charge in [0.15, 0.2) is 0 Å². The Labute approximate surface area is 138 Å². The van der Waals surface area contributed by atoms with E-state index in [-0.39, 0.29) is 0 Å². The van der Waals surface area contributed by atoms with E-state index in [0.29, 0.717) is 0 Å². The summed E-state index contributed by atoms with van der Waals surface area (Å²) in [5.41, 5.74) is 1.43. The second-order valence-electron chi connectivity index (χ2n) is 7.00. The Morgan fingerprint density at radius 2 is 1.86 bits per heavy atom. The predicted octanol–water partition coefficient (Wildman–Crippen LogP) is 3.74. The van der Waals surface area contributed by atoms with Gasteiger partial charge in [-0.15, -0.1) is 11.8 Å². The summed E-state index contributed by atoms with van der Waals surface area (Å²) in [6.45, 7) is 6.12. The summed E-state index contributed by atoms with van der Waals surface area (Å²) in [5.74, 6) is 2.73. The standard InChI is InChI=1S/C19H26N2S/c1-22-19-5-3-2-4-18(19)21-10-8-20(9-11-21)14-17-13-15-6-7-16(17)12-15/h2-7,15-17H,8-14H2,1H3. The third kappa shape index (κ3) is 2.81. The summed E-state index contributed by atoms with van der Waals surface area (Å²) in [7, 11) is 0. The molecule has 22 heavy (non-hydrogen) atoms. The fourth-order valence-corrected chi connectivity index (χ4v) is 5.12. The van der Waals surface area contributed by atoms with Crippen LogP contribution in [0.25, 0.3) is 0 Å². The van der Waals surface area contributed by atoms with E-state index in [1.807, 2.05) is 11.8 Å². The number of hydrogen-bond donors (Lipinski definition) is 0. The van der Waals surface area contributed by atoms with Crippen molar-refractivity contribution in [1.29, 1.82) is 0 Å². The zero-order chi connectivity index (χ0) is 14.9. The van der Waals surface area contributed by atoms with Crippen molar-refractivity contribution in [2.45, 2.75) is 17.7 Å². The van der Waals surface area contributed by atoms with Crippen molar-refractivity contribution in [3.8, 4) is 0 Å². The molecule has 1 aliphatic heterocycles. The van der Waals surface area contributed by atoms with Crippen molar-refractivity contribution in [2.75, 3.05) is 43.9 Å². The van der Waals surface area contributed by atoms with Gasteiger partial charge in [0.05, 0.1) is 5.69 Å². The Hall–Kier alpha value is -0.930. The molecule has 0 radical (unpaired) electrons. The molecule has 3 aliphatic rings. The molecule has 1 aromatic rings. The second kappa shape index (κ2) is 6.29. The van der Waals surface area contributed by atoms with Crippen LogP contribution < -0.4 is 4.90 Å². The summed E-state index contributed by atoms with van der Waals surface area (Å²) in [6, 6.07) is 8.84. The first kappa shape index (κ1) is 14.6. The van der Waals surface area contributed by atoms with Gasteiger partial charge < -0.3 is 4.90 Å². The molecule has 0 N–H and O–H groups in total. The maximum Gasteiger partial charge on any atom is 0.0505 e. The summed E-state index contributed by atoms with van der Waals surface area (Å²) < 4.78 is 0. The lowest BCUT2D eigenvalue weighted by Crippen LogP contribution is -2.48. The molecule has 1 heterocycles. The Kier molecular flexibility index (Phi) is 4.19. The number of benzene rings is 1. The SMILES string of the molecule is CSc1ccccc1N1CCN(CC2CC3C=CC2C3)CC1. The summed E-state index contributed by atoms with van der Waals surface area (Å²) in [4.78, 5) is 6.69. The summed E-state index contributed by atoms with van der Waals surface area (Å²) in [6.07, 6.45) is 10.0. The van der Waals surface area contributed by atoms with Crippen LogP contribution in [0, 0.1) is 17.8 Å². The Balaban J connectivity index is 1.34. The highest BCUT2D eigenvalue weighted by Crippen LogP contribution is 2.43. The van der Waals surface area contributed by atoms with Crippen LogP contribution in [0.4, 0.5) is 5.69 Å². The molecule has 1 aromatic carbocycles. The van der Waals surface area contributed by atoms with Gasteiger partial charge >= 0.3 is 0 Å². The molecule has 0 amide bonds. The number of allylic oxidation sites excluding steroid dienone is 2. The minimum Gasteiger partial charge on any atom is -0.368 e. The van der Waals surface area contributed by atoms with E-state index in [1.54, 1.807) is 0 Å². The van der Waals surface area contributed by atoms with Gasteiger partial charge in [-0.3, -0.25) is 4.90 Å². The maximum atomic E-state index is 2.71. The lowest BCUT2D eigenvalue weighted by molar-refractivity contribution is 0.204. The maximum absolute atomic E-state index is 2.71. The third-order valence-corrected chi connectivity index (χ3v) is 6.49. The van der Waals surface area contributed by atoms with E-state index < -0.39 is 0 Å². The molecule has 4 rings (SSSR count). The van der Waals surface area contributed by atoms with Crippen LogP contribution in [-0.4, -0.2) is 43.9 Å². The Morgan fingerprint density at radius 3 is 2.55 bits per heavy atom. The highest BCUT2D eigenvalue weighted by Gasteiger charge is 2.36. The molecule has 2 bridgehead atoms. The minimum absolute atomic E-state index is 0.889. The van der Waals surface area contributed by atoms with Gasteiger partial charge in [0, 0.05) is 37.6 Å². The van der Waals surface area contributed by atoms with Crippen molar-refractivity contribution in [1.82, 2.24) is 4.90 Å². The molecule has 3 unspecified atom stereocenters. The number of nitrogens with zero attached hydrogens (tertiary/aromatic N) is 2. The number of thioether (sulfide) groups is 1. The van der Waals surface area contributed by atoms with Gasteiger partial charge in [0.25, 0.3) is 0 Å². The third-order valence-electron chi connectivity index (χ3n) is 5.71. The minimum atomic E-state index is 0.889. The quantitative estimate of drug-likeness (QED) is 0.617. The van der Waals surface area contributed by atoms with Gasteiger partial charge in [0.1, 0.15) is 0 Å². The number of fused-ring (bicyclic) bond motifs is 2. The Morgan fingerprint density at radius 1 is 1.05 bits per heavy atom. The van der Waals surface area contributed by atoms with Crippen molar-refractivity contribution < 1.29 is 0 Å². The highest BCUT2D eigenvalue weighted by molar-refractivity contribution is 7.98. The van der Waals surface area contributed by atoms with Crippen LogP contribution in [0.15, 0.2) is 41.3 Å². The van der Waals surface area contributed by atoms with Crippen LogP contribution in [-0.2, 0) is 0 Å². The normalized spacial score (nSPS) is 31.1. The highest BCUT2D eigenvalue weighted by atomic mass is 32.2. The number of piperazine rings is 1. The average Bonchev–Trinajstić information content (AvgIpc) is 3.18. The largest absolute Gasteiger partial charge is 0.368 e. The first-order valence-corrected chi connectivity index (χ1v) is 9.84. The van der Waals surface area contributed by atoms with Crippen LogP contribution in [0.2, 0.25) is 0 Å². The lowest BCUT2D eigenvalue weighted by atomic mass is 9.93. The molecule has 2 aliphatic carbocycles. The zero-order valence-electron chi connectivity index (χ0n) is 13.4. The van der Waals surface area contributed by atoms with E-state index in [4.69, 9.17) is 0 Å². The van der Waals surface area contributed by atoms with E-state index in [2.05, 4.69) is 52.5 Å². The van der Waals surface area contributed by atoms with Gasteiger partial charge in [-0.05, 0) is 49.0 Å². The Bertz CT molecular complexity index is 548. The number of hydrogen-bond acceptors (Lipinski definition) is 3. The van der Waals surface area contributed by atoms with Crippen molar-refractivity contribution in [2.24, 2.45) is 17.8 Å². The fraction of sp³-hybridized carbons (Fsp3) is 0.579. The van der Waals surface area contributed by atoms with Crippen LogP contribution >= 0.6 is 11.8 Å². The van der Waals surface area contributed by atoms with Crippen molar-refractivity contribution >= 4 is 17.4 Å². The van der Waals surface area contributed by atoms with Gasteiger partial charge in [-0.2, -0.15) is 0 Å². The van der Waals surface area contributed by atoms with E-state index in [0.717, 1.165) is 17.8 Å². The molecule has 1 saturated carbocycles. The molecular formula is C19H26N2S. The molecule has 3 heteroatoms. The molecule has 1 saturated heterocycles. The topological polar surface area (TPSA) is 6.48 Å². The first-order chi connectivity index (χ1) is 10.8. The summed E-state index contributed by atoms with van der Waals surface area (Å²) in [5, 5.41) is 0. The molecule has 2 nitrogen and oxygen atoms in total.